The second-order valence-corrected chi connectivity index (χ2v) is 4.59. The van der Waals surface area contributed by atoms with Gasteiger partial charge in [0, 0.05) is 0 Å². The summed E-state index contributed by atoms with van der Waals surface area (Å²) in [5, 5.41) is 0. The molecule has 0 saturated heterocycles. The van der Waals surface area contributed by atoms with Crippen LogP contribution < -0.4 is 4.74 Å². The van der Waals surface area contributed by atoms with Crippen LogP contribution in [-0.2, 0) is 0 Å². The van der Waals surface area contributed by atoms with Gasteiger partial charge in [-0.15, -0.1) is 0 Å². The smallest absolute Gasteiger partial charge is 0.120 e. The number of allylic oxidation sites excluding steroid dienone is 1. The lowest BCUT2D eigenvalue weighted by Crippen LogP contribution is -2.22. The van der Waals surface area contributed by atoms with E-state index in [1.54, 1.807) is 0 Å². The van der Waals surface area contributed by atoms with Gasteiger partial charge in [-0.2, -0.15) is 0 Å². The van der Waals surface area contributed by atoms with Gasteiger partial charge < -0.3 is 4.74 Å². The summed E-state index contributed by atoms with van der Waals surface area (Å²) in [5.74, 6) is 0.927. The molecule has 0 fully saturated rings. The Labute approximate surface area is 92.8 Å². The molecule has 0 aromatic heterocycles. The molecule has 0 bridgehead atoms. The van der Waals surface area contributed by atoms with Crippen LogP contribution in [0, 0.1) is 0 Å². The first-order chi connectivity index (χ1) is 7.01. The number of ether oxygens (including phenoxy) is 1. The Bertz CT molecular complexity index is 314. The molecule has 0 spiro atoms. The van der Waals surface area contributed by atoms with Gasteiger partial charge in [0.25, 0.3) is 0 Å². The molecule has 0 aliphatic rings. The van der Waals surface area contributed by atoms with Crippen LogP contribution >= 0.6 is 0 Å². The zero-order valence-electron chi connectivity index (χ0n) is 10.1. The monoisotopic (exact) mass is 204 g/mol. The topological polar surface area (TPSA) is 9.23 Å². The van der Waals surface area contributed by atoms with Crippen molar-refractivity contribution in [1.29, 1.82) is 0 Å². The lowest BCUT2D eigenvalue weighted by Gasteiger charge is -2.21. The van der Waals surface area contributed by atoms with E-state index in [-0.39, 0.29) is 5.60 Å². The standard InChI is InChI=1S/C14H20O/c1-5-6-7-12-8-10-13(11-9-12)15-14(2,3)4/h6-11H,5H2,1-4H3. The molecule has 0 N–H and O–H groups in total. The molecule has 1 heteroatoms. The van der Waals surface area contributed by atoms with Crippen molar-refractivity contribution in [3.63, 3.8) is 0 Å². The average Bonchev–Trinajstić information content (AvgIpc) is 2.14. The Morgan fingerprint density at radius 1 is 1.13 bits per heavy atom. The molecule has 1 nitrogen and oxygen atoms in total. The summed E-state index contributed by atoms with van der Waals surface area (Å²) in [4.78, 5) is 0. The van der Waals surface area contributed by atoms with E-state index in [0.29, 0.717) is 0 Å². The predicted molar refractivity (Wildman–Crippen MR) is 66.1 cm³/mol. The van der Waals surface area contributed by atoms with Gasteiger partial charge in [0.1, 0.15) is 11.4 Å². The highest BCUT2D eigenvalue weighted by atomic mass is 16.5. The summed E-state index contributed by atoms with van der Waals surface area (Å²) in [6.45, 7) is 8.29. The normalized spacial score (nSPS) is 12.0. The SMILES string of the molecule is CCC=Cc1ccc(OC(C)(C)C)cc1. The quantitative estimate of drug-likeness (QED) is 0.713. The van der Waals surface area contributed by atoms with Crippen molar-refractivity contribution in [2.75, 3.05) is 0 Å². The molecule has 0 heterocycles. The minimum absolute atomic E-state index is 0.124. The van der Waals surface area contributed by atoms with Gasteiger partial charge in [0.2, 0.25) is 0 Å². The van der Waals surface area contributed by atoms with Crippen molar-refractivity contribution in [1.82, 2.24) is 0 Å². The Balaban J connectivity index is 2.68. The highest BCUT2D eigenvalue weighted by Crippen LogP contribution is 2.18. The molecule has 15 heavy (non-hydrogen) atoms. The molecule has 1 aromatic carbocycles. The first-order valence-electron chi connectivity index (χ1n) is 5.47. The average molecular weight is 204 g/mol. The molecule has 0 unspecified atom stereocenters. The third-order valence-corrected chi connectivity index (χ3v) is 1.85. The highest BCUT2D eigenvalue weighted by Gasteiger charge is 2.10. The lowest BCUT2D eigenvalue weighted by atomic mass is 10.1. The van der Waals surface area contributed by atoms with E-state index in [0.717, 1.165) is 12.2 Å². The molecule has 0 saturated carbocycles. The van der Waals surface area contributed by atoms with E-state index < -0.39 is 0 Å². The molecule has 1 rings (SSSR count). The van der Waals surface area contributed by atoms with Crippen LogP contribution in [0.3, 0.4) is 0 Å². The van der Waals surface area contributed by atoms with E-state index in [1.165, 1.54) is 5.56 Å². The van der Waals surface area contributed by atoms with E-state index in [9.17, 15) is 0 Å². The maximum atomic E-state index is 5.74. The predicted octanol–water partition coefficient (Wildman–Crippen LogP) is 4.29. The third kappa shape index (κ3) is 4.68. The molecular weight excluding hydrogens is 184 g/mol. The van der Waals surface area contributed by atoms with Crippen molar-refractivity contribution in [3.05, 3.63) is 35.9 Å². The molecule has 82 valence electrons. The van der Waals surface area contributed by atoms with Crippen LogP contribution in [0.4, 0.5) is 0 Å². The number of hydrogen-bond donors (Lipinski definition) is 0. The van der Waals surface area contributed by atoms with E-state index in [2.05, 4.69) is 52.0 Å². The minimum Gasteiger partial charge on any atom is -0.488 e. The molecule has 1 aromatic rings. The highest BCUT2D eigenvalue weighted by molar-refractivity contribution is 5.50. The van der Waals surface area contributed by atoms with E-state index in [1.807, 2.05) is 12.1 Å². The largest absolute Gasteiger partial charge is 0.488 e. The van der Waals surface area contributed by atoms with Gasteiger partial charge in [0.05, 0.1) is 0 Å². The molecule has 0 aliphatic carbocycles. The van der Waals surface area contributed by atoms with Gasteiger partial charge in [0.15, 0.2) is 0 Å². The zero-order valence-corrected chi connectivity index (χ0v) is 10.1. The maximum Gasteiger partial charge on any atom is 0.120 e. The molecule has 0 atom stereocenters. The zero-order chi connectivity index (χ0) is 11.3. The second kappa shape index (κ2) is 5.01. The van der Waals surface area contributed by atoms with Crippen LogP contribution in [0.25, 0.3) is 6.08 Å². The van der Waals surface area contributed by atoms with Crippen LogP contribution in [0.15, 0.2) is 30.3 Å². The summed E-state index contributed by atoms with van der Waals surface area (Å²) >= 11 is 0. The minimum atomic E-state index is -0.124. The fourth-order valence-electron chi connectivity index (χ4n) is 1.25. The molecule has 0 aliphatic heterocycles. The fourth-order valence-corrected chi connectivity index (χ4v) is 1.25. The van der Waals surface area contributed by atoms with Gasteiger partial charge in [-0.25, -0.2) is 0 Å². The number of benzene rings is 1. The van der Waals surface area contributed by atoms with Crippen molar-refractivity contribution >= 4 is 6.08 Å². The van der Waals surface area contributed by atoms with Crippen LogP contribution in [0.5, 0.6) is 5.75 Å². The third-order valence-electron chi connectivity index (χ3n) is 1.85. The van der Waals surface area contributed by atoms with Crippen LogP contribution in [0.1, 0.15) is 39.7 Å². The molecule has 0 radical (unpaired) electrons. The van der Waals surface area contributed by atoms with E-state index >= 15 is 0 Å². The summed E-state index contributed by atoms with van der Waals surface area (Å²) in [6, 6.07) is 8.18. The van der Waals surface area contributed by atoms with Gasteiger partial charge in [-0.1, -0.05) is 31.2 Å². The maximum absolute atomic E-state index is 5.74. The van der Waals surface area contributed by atoms with Gasteiger partial charge in [-0.05, 0) is 44.9 Å². The molecular formula is C14H20O. The van der Waals surface area contributed by atoms with Gasteiger partial charge >= 0.3 is 0 Å². The lowest BCUT2D eigenvalue weighted by molar-refractivity contribution is 0.131. The number of rotatable bonds is 3. The Morgan fingerprint density at radius 2 is 1.73 bits per heavy atom. The second-order valence-electron chi connectivity index (χ2n) is 4.59. The van der Waals surface area contributed by atoms with E-state index in [4.69, 9.17) is 4.74 Å². The van der Waals surface area contributed by atoms with Crippen molar-refractivity contribution < 1.29 is 4.74 Å². The summed E-state index contributed by atoms with van der Waals surface area (Å²) < 4.78 is 5.74. The summed E-state index contributed by atoms with van der Waals surface area (Å²) in [5.41, 5.74) is 1.10. The fraction of sp³-hybridized carbons (Fsp3) is 0.429. The first kappa shape index (κ1) is 11.8. The van der Waals surface area contributed by atoms with Crippen LogP contribution in [0.2, 0.25) is 0 Å². The van der Waals surface area contributed by atoms with Crippen molar-refractivity contribution in [2.24, 2.45) is 0 Å². The Kier molecular flexibility index (Phi) is 3.96. The summed E-state index contributed by atoms with van der Waals surface area (Å²) in [6.07, 6.45) is 5.35. The Hall–Kier alpha value is -1.24. The van der Waals surface area contributed by atoms with Crippen LogP contribution in [-0.4, -0.2) is 5.60 Å². The van der Waals surface area contributed by atoms with Crippen molar-refractivity contribution in [2.45, 2.75) is 39.7 Å². The molecule has 0 amide bonds. The number of hydrogen-bond acceptors (Lipinski definition) is 1. The van der Waals surface area contributed by atoms with Gasteiger partial charge in [-0.3, -0.25) is 0 Å². The Morgan fingerprint density at radius 3 is 2.20 bits per heavy atom. The van der Waals surface area contributed by atoms with Crippen molar-refractivity contribution in [3.8, 4) is 5.75 Å². The summed E-state index contributed by atoms with van der Waals surface area (Å²) in [7, 11) is 0. The first-order valence-corrected chi connectivity index (χ1v) is 5.47.